The first-order chi connectivity index (χ1) is 12.6. The molecule has 26 heavy (non-hydrogen) atoms. The van der Waals surface area contributed by atoms with Crippen LogP contribution < -0.4 is 5.32 Å². The van der Waals surface area contributed by atoms with E-state index < -0.39 is 12.1 Å². The van der Waals surface area contributed by atoms with Gasteiger partial charge in [0, 0.05) is 25.4 Å². The maximum Gasteiger partial charge on any atom is 0.324 e. The molecule has 1 unspecified atom stereocenters. The predicted molar refractivity (Wildman–Crippen MR) is 91.2 cm³/mol. The number of rotatable bonds is 5. The molecule has 140 valence electrons. The van der Waals surface area contributed by atoms with E-state index in [4.69, 9.17) is 4.42 Å². The van der Waals surface area contributed by atoms with Crippen molar-refractivity contribution in [2.45, 2.75) is 64.0 Å². The summed E-state index contributed by atoms with van der Waals surface area (Å²) in [5, 5.41) is 2.62. The van der Waals surface area contributed by atoms with E-state index in [0.717, 1.165) is 30.2 Å². The Balaban J connectivity index is 1.38. The Labute approximate surface area is 151 Å². The van der Waals surface area contributed by atoms with E-state index in [-0.39, 0.29) is 18.2 Å². The molecule has 1 N–H and O–H groups in total. The van der Waals surface area contributed by atoms with Gasteiger partial charge < -0.3 is 14.6 Å². The molecule has 0 spiro atoms. The summed E-state index contributed by atoms with van der Waals surface area (Å²) in [5.74, 6) is 1.68. The van der Waals surface area contributed by atoms with E-state index in [1.165, 1.54) is 11.3 Å². The zero-order valence-electron chi connectivity index (χ0n) is 15.0. The maximum atomic E-state index is 12.6. The Morgan fingerprint density at radius 1 is 1.35 bits per heavy atom. The second-order valence-electron chi connectivity index (χ2n) is 7.31. The number of aromatic nitrogens is 1. The van der Waals surface area contributed by atoms with Gasteiger partial charge in [-0.3, -0.25) is 14.5 Å². The number of amides is 4. The smallest absolute Gasteiger partial charge is 0.324 e. The Kier molecular flexibility index (Phi) is 4.42. The predicted octanol–water partition coefficient (Wildman–Crippen LogP) is 1.55. The van der Waals surface area contributed by atoms with Crippen molar-refractivity contribution < 1.29 is 18.8 Å². The lowest BCUT2D eigenvalue weighted by Gasteiger charge is -2.26. The molecule has 8 nitrogen and oxygen atoms in total. The molecule has 0 aromatic carbocycles. The molecular formula is C18H24N4O4. The summed E-state index contributed by atoms with van der Waals surface area (Å²) in [4.78, 5) is 44.3. The van der Waals surface area contributed by atoms with Crippen LogP contribution >= 0.6 is 0 Å². The zero-order chi connectivity index (χ0) is 18.3. The summed E-state index contributed by atoms with van der Waals surface area (Å²) >= 11 is 0. The number of fused-ring (bicyclic) bond motifs is 1. The van der Waals surface area contributed by atoms with Gasteiger partial charge in [0.15, 0.2) is 5.89 Å². The molecule has 2 fully saturated rings. The van der Waals surface area contributed by atoms with Crippen LogP contribution in [0.15, 0.2) is 4.42 Å². The van der Waals surface area contributed by atoms with Crippen LogP contribution in [0.3, 0.4) is 0 Å². The van der Waals surface area contributed by atoms with E-state index in [1.807, 2.05) is 6.92 Å². The number of imide groups is 1. The number of urea groups is 1. The third kappa shape index (κ3) is 2.97. The van der Waals surface area contributed by atoms with Gasteiger partial charge in [-0.15, -0.1) is 0 Å². The molecule has 2 aliphatic heterocycles. The van der Waals surface area contributed by atoms with Crippen molar-refractivity contribution in [1.82, 2.24) is 20.1 Å². The Bertz CT molecular complexity index is 740. The van der Waals surface area contributed by atoms with Crippen LogP contribution in [0.4, 0.5) is 4.79 Å². The second kappa shape index (κ2) is 6.74. The highest BCUT2D eigenvalue weighted by Gasteiger charge is 2.39. The topological polar surface area (TPSA) is 95.8 Å². The molecule has 1 saturated carbocycles. The van der Waals surface area contributed by atoms with Gasteiger partial charge in [-0.05, 0) is 19.3 Å². The fraction of sp³-hybridized carbons (Fsp3) is 0.667. The van der Waals surface area contributed by atoms with Crippen LogP contribution in [0.5, 0.6) is 0 Å². The molecule has 1 atom stereocenters. The van der Waals surface area contributed by atoms with Crippen molar-refractivity contribution in [1.29, 1.82) is 0 Å². The number of nitrogens with one attached hydrogen (secondary N) is 1. The summed E-state index contributed by atoms with van der Waals surface area (Å²) in [7, 11) is 0. The molecule has 3 aliphatic rings. The average molecular weight is 360 g/mol. The van der Waals surface area contributed by atoms with E-state index in [1.54, 1.807) is 4.90 Å². The van der Waals surface area contributed by atoms with Crippen molar-refractivity contribution in [3.63, 3.8) is 0 Å². The van der Waals surface area contributed by atoms with Gasteiger partial charge in [-0.25, -0.2) is 9.78 Å². The molecule has 8 heteroatoms. The lowest BCUT2D eigenvalue weighted by Crippen LogP contribution is -2.41. The lowest BCUT2D eigenvalue weighted by atomic mass is 9.85. The molecule has 1 aliphatic carbocycles. The molecule has 4 amide bonds. The van der Waals surface area contributed by atoms with Crippen LogP contribution in [0.2, 0.25) is 0 Å². The monoisotopic (exact) mass is 360 g/mol. The highest BCUT2D eigenvalue weighted by molar-refractivity contribution is 6.05. The number of nitrogens with zero attached hydrogens (tertiary/aromatic N) is 3. The summed E-state index contributed by atoms with van der Waals surface area (Å²) in [5.41, 5.74) is 0.834. The molecule has 1 aromatic heterocycles. The zero-order valence-corrected chi connectivity index (χ0v) is 15.0. The van der Waals surface area contributed by atoms with Gasteiger partial charge >= 0.3 is 6.03 Å². The normalized spacial score (nSPS) is 23.0. The number of hydrogen-bond acceptors (Lipinski definition) is 5. The van der Waals surface area contributed by atoms with Crippen molar-refractivity contribution in [2.75, 3.05) is 13.1 Å². The Hall–Kier alpha value is -2.38. The Morgan fingerprint density at radius 2 is 2.15 bits per heavy atom. The number of hydrogen-bond donors (Lipinski definition) is 1. The van der Waals surface area contributed by atoms with Gasteiger partial charge in [-0.1, -0.05) is 13.3 Å². The standard InChI is InChI=1S/C18H24N4O4/c1-2-7-22-17(24)12(20-18(22)25)9-15(23)21-8-6-14-13(10-21)19-16(26-14)11-4-3-5-11/h11-12H,2-10H2,1H3,(H,20,25). The van der Waals surface area contributed by atoms with Gasteiger partial charge in [0.25, 0.3) is 5.91 Å². The van der Waals surface area contributed by atoms with Crippen molar-refractivity contribution >= 4 is 17.8 Å². The third-order valence-electron chi connectivity index (χ3n) is 5.48. The summed E-state index contributed by atoms with van der Waals surface area (Å²) in [6, 6.07) is -1.16. The summed E-state index contributed by atoms with van der Waals surface area (Å²) in [6.45, 7) is 3.25. The number of carbonyl (C=O) groups excluding carboxylic acids is 3. The highest BCUT2D eigenvalue weighted by Crippen LogP contribution is 2.37. The van der Waals surface area contributed by atoms with Crippen molar-refractivity contribution in [3.8, 4) is 0 Å². The summed E-state index contributed by atoms with van der Waals surface area (Å²) in [6.07, 6.45) is 4.81. The first kappa shape index (κ1) is 17.1. The molecular weight excluding hydrogens is 336 g/mol. The molecule has 4 rings (SSSR count). The van der Waals surface area contributed by atoms with Gasteiger partial charge in [0.2, 0.25) is 5.91 Å². The minimum Gasteiger partial charge on any atom is -0.445 e. The van der Waals surface area contributed by atoms with Crippen LogP contribution in [-0.4, -0.2) is 51.8 Å². The van der Waals surface area contributed by atoms with E-state index in [0.29, 0.717) is 38.4 Å². The van der Waals surface area contributed by atoms with Crippen LogP contribution in [0, 0.1) is 0 Å². The van der Waals surface area contributed by atoms with Crippen molar-refractivity contribution in [2.24, 2.45) is 0 Å². The van der Waals surface area contributed by atoms with Crippen LogP contribution in [0.1, 0.15) is 62.3 Å². The summed E-state index contributed by atoms with van der Waals surface area (Å²) < 4.78 is 5.88. The van der Waals surface area contributed by atoms with Gasteiger partial charge in [0.05, 0.1) is 13.0 Å². The first-order valence-corrected chi connectivity index (χ1v) is 9.45. The molecule has 1 saturated heterocycles. The van der Waals surface area contributed by atoms with Gasteiger partial charge in [0.1, 0.15) is 17.5 Å². The fourth-order valence-corrected chi connectivity index (χ4v) is 3.72. The van der Waals surface area contributed by atoms with E-state index in [9.17, 15) is 14.4 Å². The van der Waals surface area contributed by atoms with Crippen molar-refractivity contribution in [3.05, 3.63) is 17.3 Å². The molecule has 3 heterocycles. The fourth-order valence-electron chi connectivity index (χ4n) is 3.72. The van der Waals surface area contributed by atoms with Crippen LogP contribution in [0.25, 0.3) is 0 Å². The Morgan fingerprint density at radius 3 is 2.85 bits per heavy atom. The molecule has 0 bridgehead atoms. The second-order valence-corrected chi connectivity index (χ2v) is 7.31. The van der Waals surface area contributed by atoms with Gasteiger partial charge in [-0.2, -0.15) is 0 Å². The number of oxazole rings is 1. The SMILES string of the molecule is CCCN1C(=O)NC(CC(=O)N2CCc3oc(C4CCC4)nc3C2)C1=O. The number of carbonyl (C=O) groups is 3. The van der Waals surface area contributed by atoms with E-state index >= 15 is 0 Å². The first-order valence-electron chi connectivity index (χ1n) is 9.45. The minimum absolute atomic E-state index is 0.00649. The molecule has 1 aromatic rings. The lowest BCUT2D eigenvalue weighted by molar-refractivity contribution is -0.136. The maximum absolute atomic E-state index is 12.6. The third-order valence-corrected chi connectivity index (χ3v) is 5.48. The average Bonchev–Trinajstić information content (AvgIpc) is 3.08. The quantitative estimate of drug-likeness (QED) is 0.804. The minimum atomic E-state index is -0.759. The van der Waals surface area contributed by atoms with E-state index in [2.05, 4.69) is 10.3 Å². The largest absolute Gasteiger partial charge is 0.445 e. The highest BCUT2D eigenvalue weighted by atomic mass is 16.4. The van der Waals surface area contributed by atoms with Crippen LogP contribution in [-0.2, 0) is 22.6 Å². The molecule has 0 radical (unpaired) electrons.